The van der Waals surface area contributed by atoms with E-state index in [1.165, 1.54) is 21.1 Å². The number of nitrogens with one attached hydrogen (secondary N) is 1. The Balaban J connectivity index is 2.21. The van der Waals surface area contributed by atoms with Gasteiger partial charge in [0.1, 0.15) is 15.8 Å². The second kappa shape index (κ2) is 6.97. The number of fused-ring (bicyclic) bond motifs is 1. The van der Waals surface area contributed by atoms with E-state index in [0.717, 1.165) is 12.0 Å². The van der Waals surface area contributed by atoms with Crippen molar-refractivity contribution in [3.63, 3.8) is 0 Å². The molecule has 0 spiro atoms. The molecule has 0 atom stereocenters. The normalized spacial score (nSPS) is 16.3. The van der Waals surface area contributed by atoms with Crippen LogP contribution in [0.25, 0.3) is 11.7 Å². The third-order valence-electron chi connectivity index (χ3n) is 3.81. The van der Waals surface area contributed by atoms with Crippen molar-refractivity contribution in [3.8, 4) is 0 Å². The maximum atomic E-state index is 13.0. The molecule has 2 aromatic heterocycles. The number of hydrogen-bond donors (Lipinski definition) is 1. The van der Waals surface area contributed by atoms with Crippen LogP contribution in [-0.4, -0.2) is 38.1 Å². The predicted octanol–water partition coefficient (Wildman–Crippen LogP) is 2.66. The molecule has 1 fully saturated rings. The van der Waals surface area contributed by atoms with Crippen molar-refractivity contribution in [1.29, 1.82) is 0 Å². The van der Waals surface area contributed by atoms with E-state index < -0.39 is 0 Å². The number of rotatable bonds is 4. The average molecular weight is 374 g/mol. The van der Waals surface area contributed by atoms with E-state index >= 15 is 0 Å². The van der Waals surface area contributed by atoms with Gasteiger partial charge in [-0.2, -0.15) is 0 Å². The standard InChI is InChI=1S/C17H18N4O2S2/c1-4-7-18-14-11(8-12-16(23)20(3)17(24)25-12)15(22)21-9-10(2)5-6-13(21)19-14/h5-6,8-9,18H,4,7H2,1-3H3/b12-8+. The predicted molar refractivity (Wildman–Crippen MR) is 106 cm³/mol. The molecule has 0 saturated carbocycles. The Bertz CT molecular complexity index is 965. The zero-order valence-electron chi connectivity index (χ0n) is 14.2. The Morgan fingerprint density at radius 1 is 1.36 bits per heavy atom. The summed E-state index contributed by atoms with van der Waals surface area (Å²) in [6.07, 6.45) is 4.23. The molecule has 8 heteroatoms. The van der Waals surface area contributed by atoms with Crippen molar-refractivity contribution < 1.29 is 4.79 Å². The second-order valence-electron chi connectivity index (χ2n) is 5.78. The molecule has 3 heterocycles. The number of anilines is 1. The van der Waals surface area contributed by atoms with E-state index in [1.807, 2.05) is 26.0 Å². The molecule has 1 saturated heterocycles. The van der Waals surface area contributed by atoms with Gasteiger partial charge in [-0.05, 0) is 31.1 Å². The Morgan fingerprint density at radius 2 is 2.12 bits per heavy atom. The van der Waals surface area contributed by atoms with E-state index in [-0.39, 0.29) is 11.5 Å². The fourth-order valence-electron chi connectivity index (χ4n) is 2.44. The summed E-state index contributed by atoms with van der Waals surface area (Å²) in [6, 6.07) is 3.72. The van der Waals surface area contributed by atoms with Crippen LogP contribution in [0.4, 0.5) is 5.82 Å². The molecular formula is C17H18N4O2S2. The van der Waals surface area contributed by atoms with Crippen LogP contribution < -0.4 is 10.9 Å². The summed E-state index contributed by atoms with van der Waals surface area (Å²) in [6.45, 7) is 4.63. The molecule has 1 N–H and O–H groups in total. The summed E-state index contributed by atoms with van der Waals surface area (Å²) in [5, 5.41) is 3.19. The first-order valence-corrected chi connectivity index (χ1v) is 9.13. The summed E-state index contributed by atoms with van der Waals surface area (Å²) in [5.41, 5.74) is 1.67. The molecule has 0 aliphatic carbocycles. The van der Waals surface area contributed by atoms with Crippen molar-refractivity contribution in [1.82, 2.24) is 14.3 Å². The van der Waals surface area contributed by atoms with Crippen molar-refractivity contribution in [2.75, 3.05) is 18.9 Å². The van der Waals surface area contributed by atoms with Gasteiger partial charge < -0.3 is 5.32 Å². The molecule has 0 radical (unpaired) electrons. The molecule has 25 heavy (non-hydrogen) atoms. The molecule has 2 aromatic rings. The van der Waals surface area contributed by atoms with Crippen LogP contribution in [0.5, 0.6) is 0 Å². The highest BCUT2D eigenvalue weighted by molar-refractivity contribution is 8.26. The summed E-state index contributed by atoms with van der Waals surface area (Å²) >= 11 is 6.35. The fraction of sp³-hybridized carbons (Fsp3) is 0.294. The van der Waals surface area contributed by atoms with Gasteiger partial charge in [0.05, 0.1) is 10.5 Å². The Hall–Kier alpha value is -2.19. The summed E-state index contributed by atoms with van der Waals surface area (Å²) < 4.78 is 1.98. The number of thiocarbonyl (C=S) groups is 1. The minimum absolute atomic E-state index is 0.204. The van der Waals surface area contributed by atoms with Gasteiger partial charge in [-0.15, -0.1) is 0 Å². The highest BCUT2D eigenvalue weighted by atomic mass is 32.2. The van der Waals surface area contributed by atoms with Crippen molar-refractivity contribution in [2.24, 2.45) is 0 Å². The van der Waals surface area contributed by atoms with Gasteiger partial charge in [0.15, 0.2) is 0 Å². The molecule has 3 rings (SSSR count). The largest absolute Gasteiger partial charge is 0.369 e. The Kier molecular flexibility index (Phi) is 4.91. The molecular weight excluding hydrogens is 356 g/mol. The lowest BCUT2D eigenvalue weighted by Gasteiger charge is -2.11. The minimum atomic E-state index is -0.214. The van der Waals surface area contributed by atoms with Crippen LogP contribution in [0.2, 0.25) is 0 Å². The van der Waals surface area contributed by atoms with Gasteiger partial charge in [-0.25, -0.2) is 4.98 Å². The van der Waals surface area contributed by atoms with Gasteiger partial charge in [-0.3, -0.25) is 18.9 Å². The van der Waals surface area contributed by atoms with Crippen molar-refractivity contribution >= 4 is 51.7 Å². The number of hydrogen-bond acceptors (Lipinski definition) is 6. The van der Waals surface area contributed by atoms with Crippen LogP contribution >= 0.6 is 24.0 Å². The average Bonchev–Trinajstić information content (AvgIpc) is 2.83. The van der Waals surface area contributed by atoms with Crippen molar-refractivity contribution in [2.45, 2.75) is 20.3 Å². The molecule has 6 nitrogen and oxygen atoms in total. The molecule has 1 aliphatic heterocycles. The van der Waals surface area contributed by atoms with E-state index in [0.29, 0.717) is 32.8 Å². The molecule has 0 bridgehead atoms. The van der Waals surface area contributed by atoms with Gasteiger partial charge in [0.2, 0.25) is 0 Å². The van der Waals surface area contributed by atoms with Gasteiger partial charge in [0, 0.05) is 19.8 Å². The SMILES string of the molecule is CCCNc1nc2ccc(C)cn2c(=O)c1/C=C1/SC(=S)N(C)C1=O. The number of pyridine rings is 1. The molecule has 1 aliphatic rings. The number of likely N-dealkylation sites (N-methyl/N-ethyl adjacent to an activating group) is 1. The van der Waals surface area contributed by atoms with E-state index in [4.69, 9.17) is 12.2 Å². The van der Waals surface area contributed by atoms with Gasteiger partial charge >= 0.3 is 0 Å². The van der Waals surface area contributed by atoms with Crippen LogP contribution in [0.15, 0.2) is 28.0 Å². The maximum absolute atomic E-state index is 13.0. The summed E-state index contributed by atoms with van der Waals surface area (Å²) in [5.74, 6) is 0.280. The Labute approximate surface area is 154 Å². The Morgan fingerprint density at radius 3 is 2.76 bits per heavy atom. The zero-order valence-corrected chi connectivity index (χ0v) is 15.8. The van der Waals surface area contributed by atoms with Crippen LogP contribution in [0.1, 0.15) is 24.5 Å². The monoisotopic (exact) mass is 374 g/mol. The lowest BCUT2D eigenvalue weighted by Crippen LogP contribution is -2.23. The molecule has 1 amide bonds. The second-order valence-corrected chi connectivity index (χ2v) is 7.46. The quantitative estimate of drug-likeness (QED) is 0.656. The maximum Gasteiger partial charge on any atom is 0.267 e. The van der Waals surface area contributed by atoms with Gasteiger partial charge in [-0.1, -0.05) is 37.0 Å². The van der Waals surface area contributed by atoms with Crippen LogP contribution in [0, 0.1) is 6.92 Å². The number of nitrogens with zero attached hydrogens (tertiary/aromatic N) is 3. The third kappa shape index (κ3) is 3.32. The number of aryl methyl sites for hydroxylation is 1. The highest BCUT2D eigenvalue weighted by Gasteiger charge is 2.29. The fourth-order valence-corrected chi connectivity index (χ4v) is 3.60. The van der Waals surface area contributed by atoms with E-state index in [2.05, 4.69) is 10.3 Å². The van der Waals surface area contributed by atoms with Gasteiger partial charge in [0.25, 0.3) is 11.5 Å². The van der Waals surface area contributed by atoms with Crippen molar-refractivity contribution in [3.05, 3.63) is 44.7 Å². The first-order chi connectivity index (χ1) is 11.9. The number of carbonyl (C=O) groups is 1. The first kappa shape index (κ1) is 17.6. The summed E-state index contributed by atoms with van der Waals surface area (Å²) in [7, 11) is 1.63. The van der Waals surface area contributed by atoms with Crippen LogP contribution in [-0.2, 0) is 4.79 Å². The van der Waals surface area contributed by atoms with E-state index in [9.17, 15) is 9.59 Å². The smallest absolute Gasteiger partial charge is 0.267 e. The summed E-state index contributed by atoms with van der Waals surface area (Å²) in [4.78, 5) is 31.7. The molecule has 0 aromatic carbocycles. The highest BCUT2D eigenvalue weighted by Crippen LogP contribution is 2.31. The lowest BCUT2D eigenvalue weighted by molar-refractivity contribution is -0.121. The number of amides is 1. The number of carbonyl (C=O) groups excluding carboxylic acids is 1. The van der Waals surface area contributed by atoms with Crippen LogP contribution in [0.3, 0.4) is 0 Å². The topological polar surface area (TPSA) is 66.7 Å². The third-order valence-corrected chi connectivity index (χ3v) is 5.29. The zero-order chi connectivity index (χ0) is 18.1. The molecule has 0 unspecified atom stereocenters. The number of aromatic nitrogens is 2. The first-order valence-electron chi connectivity index (χ1n) is 7.91. The van der Waals surface area contributed by atoms with E-state index in [1.54, 1.807) is 19.3 Å². The number of thioether (sulfide) groups is 1. The molecule has 130 valence electrons. The lowest BCUT2D eigenvalue weighted by atomic mass is 10.2. The minimum Gasteiger partial charge on any atom is -0.369 e.